The van der Waals surface area contributed by atoms with E-state index in [-0.39, 0.29) is 6.10 Å². The Bertz CT molecular complexity index is 394. The number of nitrogens with one attached hydrogen (secondary N) is 1. The van der Waals surface area contributed by atoms with Crippen molar-refractivity contribution < 1.29 is 4.74 Å². The molecule has 1 saturated heterocycles. The Morgan fingerprint density at radius 3 is 2.48 bits per heavy atom. The number of benzene rings is 1. The Morgan fingerprint density at radius 2 is 1.86 bits per heavy atom. The quantitative estimate of drug-likeness (QED) is 0.780. The number of ether oxygens (including phenoxy) is 1. The Hall–Kier alpha value is -1.06. The summed E-state index contributed by atoms with van der Waals surface area (Å²) in [7, 11) is 2.22. The summed E-state index contributed by atoms with van der Waals surface area (Å²) in [4.78, 5) is 2.44. The summed E-state index contributed by atoms with van der Waals surface area (Å²) >= 11 is 0. The highest BCUT2D eigenvalue weighted by atomic mass is 16.5. The number of hydrogen-bond acceptors (Lipinski definition) is 3. The Kier molecular flexibility index (Phi) is 6.52. The second-order valence-corrected chi connectivity index (χ2v) is 6.52. The largest absolute Gasteiger partial charge is 0.491 e. The smallest absolute Gasteiger partial charge is 0.119 e. The van der Waals surface area contributed by atoms with Gasteiger partial charge in [0.15, 0.2) is 0 Å². The highest BCUT2D eigenvalue weighted by Gasteiger charge is 2.15. The summed E-state index contributed by atoms with van der Waals surface area (Å²) in [6.45, 7) is 8.72. The molecule has 3 heteroatoms. The minimum absolute atomic E-state index is 0.239. The molecule has 0 spiro atoms. The van der Waals surface area contributed by atoms with Gasteiger partial charge < -0.3 is 15.0 Å². The van der Waals surface area contributed by atoms with Crippen LogP contribution in [-0.4, -0.2) is 37.7 Å². The van der Waals surface area contributed by atoms with Crippen LogP contribution < -0.4 is 10.1 Å². The minimum atomic E-state index is 0.239. The van der Waals surface area contributed by atoms with Gasteiger partial charge in [-0.2, -0.15) is 0 Å². The maximum absolute atomic E-state index is 5.66. The van der Waals surface area contributed by atoms with Crippen molar-refractivity contribution in [1.29, 1.82) is 0 Å². The number of hydrogen-bond donors (Lipinski definition) is 1. The van der Waals surface area contributed by atoms with Crippen LogP contribution in [0, 0.1) is 5.92 Å². The molecule has 0 radical (unpaired) electrons. The fourth-order valence-corrected chi connectivity index (χ4v) is 2.85. The molecule has 0 aliphatic carbocycles. The average Bonchev–Trinajstić information content (AvgIpc) is 2.46. The van der Waals surface area contributed by atoms with E-state index in [4.69, 9.17) is 4.74 Å². The van der Waals surface area contributed by atoms with Crippen LogP contribution in [0.25, 0.3) is 0 Å². The van der Waals surface area contributed by atoms with E-state index in [2.05, 4.69) is 55.4 Å². The summed E-state index contributed by atoms with van der Waals surface area (Å²) in [5.74, 6) is 1.87. The van der Waals surface area contributed by atoms with Crippen LogP contribution in [0.3, 0.4) is 0 Å². The maximum Gasteiger partial charge on any atom is 0.119 e. The van der Waals surface area contributed by atoms with Gasteiger partial charge in [-0.15, -0.1) is 0 Å². The Morgan fingerprint density at radius 1 is 1.19 bits per heavy atom. The monoisotopic (exact) mass is 290 g/mol. The Labute approximate surface area is 129 Å². The van der Waals surface area contributed by atoms with Crippen LogP contribution in [-0.2, 0) is 6.54 Å². The zero-order chi connectivity index (χ0) is 15.1. The fraction of sp³-hybridized carbons (Fsp3) is 0.667. The predicted molar refractivity (Wildman–Crippen MR) is 88.8 cm³/mol. The molecule has 0 unspecified atom stereocenters. The first-order chi connectivity index (χ1) is 10.1. The first-order valence-electron chi connectivity index (χ1n) is 8.28. The molecule has 1 aliphatic heterocycles. The van der Waals surface area contributed by atoms with Gasteiger partial charge in [-0.05, 0) is 83.4 Å². The molecular weight excluding hydrogens is 260 g/mol. The van der Waals surface area contributed by atoms with E-state index in [0.717, 1.165) is 24.8 Å². The lowest BCUT2D eigenvalue weighted by Crippen LogP contribution is -2.31. The van der Waals surface area contributed by atoms with Gasteiger partial charge in [0.1, 0.15) is 5.75 Å². The number of likely N-dealkylation sites (tertiary alicyclic amines) is 1. The minimum Gasteiger partial charge on any atom is -0.491 e. The highest BCUT2D eigenvalue weighted by molar-refractivity contribution is 5.27. The van der Waals surface area contributed by atoms with Gasteiger partial charge in [-0.3, -0.25) is 0 Å². The van der Waals surface area contributed by atoms with E-state index in [0.29, 0.717) is 0 Å². The lowest BCUT2D eigenvalue weighted by atomic mass is 9.94. The molecule has 0 amide bonds. The molecule has 1 fully saturated rings. The second kappa shape index (κ2) is 8.40. The molecule has 1 aliphatic rings. The van der Waals surface area contributed by atoms with Crippen molar-refractivity contribution in [2.75, 3.05) is 26.7 Å². The van der Waals surface area contributed by atoms with Gasteiger partial charge in [0.05, 0.1) is 6.10 Å². The first-order valence-corrected chi connectivity index (χ1v) is 8.28. The molecule has 1 N–H and O–H groups in total. The van der Waals surface area contributed by atoms with Gasteiger partial charge in [0, 0.05) is 6.54 Å². The summed E-state index contributed by atoms with van der Waals surface area (Å²) in [6, 6.07) is 8.43. The first kappa shape index (κ1) is 16.3. The molecule has 0 atom stereocenters. The highest BCUT2D eigenvalue weighted by Crippen LogP contribution is 2.19. The standard InChI is InChI=1S/C18H30N2O/c1-15(2)21-18-6-4-17(5-7-18)14-19-11-8-16-9-12-20(3)13-10-16/h4-7,15-16,19H,8-14H2,1-3H3. The van der Waals surface area contributed by atoms with E-state index in [1.165, 1.54) is 37.9 Å². The average molecular weight is 290 g/mol. The summed E-state index contributed by atoms with van der Waals surface area (Å²) in [5.41, 5.74) is 1.33. The number of nitrogens with zero attached hydrogens (tertiary/aromatic N) is 1. The van der Waals surface area contributed by atoms with E-state index < -0.39 is 0 Å². The third-order valence-electron chi connectivity index (χ3n) is 4.19. The zero-order valence-electron chi connectivity index (χ0n) is 13.8. The molecule has 2 rings (SSSR count). The van der Waals surface area contributed by atoms with E-state index in [1.54, 1.807) is 0 Å². The molecule has 1 aromatic rings. The van der Waals surface area contributed by atoms with Crippen LogP contribution in [0.15, 0.2) is 24.3 Å². The SMILES string of the molecule is CC(C)Oc1ccc(CNCCC2CCN(C)CC2)cc1. The summed E-state index contributed by atoms with van der Waals surface area (Å²) in [5, 5.41) is 3.57. The topological polar surface area (TPSA) is 24.5 Å². The van der Waals surface area contributed by atoms with Gasteiger partial charge in [-0.25, -0.2) is 0 Å². The lowest BCUT2D eigenvalue weighted by molar-refractivity contribution is 0.211. The molecule has 118 valence electrons. The van der Waals surface area contributed by atoms with Crippen molar-refractivity contribution in [1.82, 2.24) is 10.2 Å². The predicted octanol–water partition coefficient (Wildman–Crippen LogP) is 3.30. The fourth-order valence-electron chi connectivity index (χ4n) is 2.85. The van der Waals surface area contributed by atoms with Gasteiger partial charge in [0.2, 0.25) is 0 Å². The molecule has 0 saturated carbocycles. The van der Waals surface area contributed by atoms with Crippen molar-refractivity contribution in [2.45, 2.75) is 45.8 Å². The van der Waals surface area contributed by atoms with Crippen molar-refractivity contribution >= 4 is 0 Å². The van der Waals surface area contributed by atoms with Crippen LogP contribution in [0.2, 0.25) is 0 Å². The molecule has 0 aromatic heterocycles. The van der Waals surface area contributed by atoms with Crippen molar-refractivity contribution in [2.24, 2.45) is 5.92 Å². The van der Waals surface area contributed by atoms with Crippen LogP contribution in [0.1, 0.15) is 38.7 Å². The number of piperidine rings is 1. The molecule has 1 heterocycles. The summed E-state index contributed by atoms with van der Waals surface area (Å²) < 4.78 is 5.66. The second-order valence-electron chi connectivity index (χ2n) is 6.52. The molecule has 21 heavy (non-hydrogen) atoms. The third-order valence-corrected chi connectivity index (χ3v) is 4.19. The third kappa shape index (κ3) is 6.06. The summed E-state index contributed by atoms with van der Waals surface area (Å²) in [6.07, 6.45) is 4.27. The van der Waals surface area contributed by atoms with E-state index in [9.17, 15) is 0 Å². The van der Waals surface area contributed by atoms with Gasteiger partial charge in [-0.1, -0.05) is 12.1 Å². The van der Waals surface area contributed by atoms with Crippen molar-refractivity contribution in [3.05, 3.63) is 29.8 Å². The van der Waals surface area contributed by atoms with Crippen LogP contribution >= 0.6 is 0 Å². The normalized spacial score (nSPS) is 17.3. The van der Waals surface area contributed by atoms with Crippen molar-refractivity contribution in [3.8, 4) is 5.75 Å². The van der Waals surface area contributed by atoms with Gasteiger partial charge >= 0.3 is 0 Å². The molecule has 3 nitrogen and oxygen atoms in total. The van der Waals surface area contributed by atoms with Gasteiger partial charge in [0.25, 0.3) is 0 Å². The lowest BCUT2D eigenvalue weighted by Gasteiger charge is -2.28. The molecular formula is C18H30N2O. The number of rotatable bonds is 7. The van der Waals surface area contributed by atoms with E-state index >= 15 is 0 Å². The van der Waals surface area contributed by atoms with Crippen molar-refractivity contribution in [3.63, 3.8) is 0 Å². The van der Waals surface area contributed by atoms with E-state index in [1.807, 2.05) is 0 Å². The molecule has 0 bridgehead atoms. The Balaban J connectivity index is 1.62. The van der Waals surface area contributed by atoms with Crippen LogP contribution in [0.4, 0.5) is 0 Å². The molecule has 1 aromatic carbocycles. The van der Waals surface area contributed by atoms with Crippen LogP contribution in [0.5, 0.6) is 5.75 Å². The zero-order valence-corrected chi connectivity index (χ0v) is 13.8. The maximum atomic E-state index is 5.66.